The van der Waals surface area contributed by atoms with E-state index in [-0.39, 0.29) is 0 Å². The van der Waals surface area contributed by atoms with Gasteiger partial charge in [0.15, 0.2) is 0 Å². The average Bonchev–Trinajstić information content (AvgIpc) is 3.01. The maximum Gasteiger partial charge on any atom is 0.0687 e. The second-order valence-corrected chi connectivity index (χ2v) is 10.5. The van der Waals surface area contributed by atoms with Crippen LogP contribution in [-0.2, 0) is 6.42 Å². The summed E-state index contributed by atoms with van der Waals surface area (Å²) in [6, 6.07) is 31.3. The minimum Gasteiger partial charge on any atom is -0.300 e. The number of aryl methyl sites for hydroxylation is 1. The molecule has 0 amide bonds. The van der Waals surface area contributed by atoms with E-state index < -0.39 is 0 Å². The summed E-state index contributed by atoms with van der Waals surface area (Å²) in [5.74, 6) is 0. The number of hydrogen-bond acceptors (Lipinski definition) is 1. The standard InChI is InChI=1S/C38H34ClN/c1-4-10-30-12-7-8-13-34(30)26(3)28-15-19-31(20-16-28)35-24-23-33(25-37(35)39)29-17-21-32(22-18-29)38(40)36-14-9-6-11-27(36)5-2/h4,6,8-11,13-25,40H,1,5,7,12H2,2-3H3/b30-10-,34-26+,40-38?. The molecule has 0 atom stereocenters. The van der Waals surface area contributed by atoms with Gasteiger partial charge in [0.2, 0.25) is 0 Å². The van der Waals surface area contributed by atoms with E-state index in [1.54, 1.807) is 0 Å². The fourth-order valence-electron chi connectivity index (χ4n) is 5.40. The van der Waals surface area contributed by atoms with Gasteiger partial charge in [-0.3, -0.25) is 5.41 Å². The molecular formula is C38H34ClN. The lowest BCUT2D eigenvalue weighted by atomic mass is 9.88. The highest BCUT2D eigenvalue weighted by Crippen LogP contribution is 2.35. The summed E-state index contributed by atoms with van der Waals surface area (Å²) < 4.78 is 0. The van der Waals surface area contributed by atoms with Gasteiger partial charge < -0.3 is 0 Å². The van der Waals surface area contributed by atoms with E-state index in [9.17, 15) is 0 Å². The van der Waals surface area contributed by atoms with Crippen LogP contribution in [0.2, 0.25) is 5.02 Å². The Hall–Kier alpha value is -4.20. The minimum absolute atomic E-state index is 0.555. The van der Waals surface area contributed by atoms with Gasteiger partial charge in [-0.05, 0) is 76.8 Å². The van der Waals surface area contributed by atoms with Crippen LogP contribution < -0.4 is 0 Å². The zero-order valence-electron chi connectivity index (χ0n) is 23.2. The monoisotopic (exact) mass is 539 g/mol. The first-order valence-corrected chi connectivity index (χ1v) is 14.2. The molecule has 0 aliphatic heterocycles. The smallest absolute Gasteiger partial charge is 0.0687 e. The molecule has 40 heavy (non-hydrogen) atoms. The first-order chi connectivity index (χ1) is 19.5. The van der Waals surface area contributed by atoms with E-state index in [1.165, 1.54) is 27.8 Å². The first-order valence-electron chi connectivity index (χ1n) is 13.9. The predicted molar refractivity (Wildman–Crippen MR) is 173 cm³/mol. The van der Waals surface area contributed by atoms with Crippen LogP contribution in [0, 0.1) is 5.41 Å². The van der Waals surface area contributed by atoms with Crippen LogP contribution in [0.4, 0.5) is 0 Å². The Morgan fingerprint density at radius 2 is 1.55 bits per heavy atom. The molecule has 0 saturated carbocycles. The lowest BCUT2D eigenvalue weighted by molar-refractivity contribution is 0.968. The molecular weight excluding hydrogens is 506 g/mol. The molecule has 0 aromatic heterocycles. The fraction of sp³-hybridized carbons (Fsp3) is 0.132. The molecule has 198 valence electrons. The van der Waals surface area contributed by atoms with Gasteiger partial charge in [0.25, 0.3) is 0 Å². The van der Waals surface area contributed by atoms with E-state index in [4.69, 9.17) is 17.0 Å². The van der Waals surface area contributed by atoms with Crippen molar-refractivity contribution in [3.05, 3.63) is 160 Å². The lowest BCUT2D eigenvalue weighted by Gasteiger charge is -2.17. The molecule has 0 radical (unpaired) electrons. The van der Waals surface area contributed by atoms with E-state index in [0.29, 0.717) is 5.71 Å². The highest BCUT2D eigenvalue weighted by molar-refractivity contribution is 6.33. The number of benzene rings is 4. The van der Waals surface area contributed by atoms with Gasteiger partial charge in [-0.15, -0.1) is 0 Å². The molecule has 2 heteroatoms. The van der Waals surface area contributed by atoms with Crippen molar-refractivity contribution in [2.75, 3.05) is 0 Å². The molecule has 0 spiro atoms. The number of halogens is 1. The Bertz CT molecular complexity index is 1650. The van der Waals surface area contributed by atoms with Crippen LogP contribution in [0.3, 0.4) is 0 Å². The first kappa shape index (κ1) is 27.4. The van der Waals surface area contributed by atoms with Gasteiger partial charge in [0, 0.05) is 21.7 Å². The zero-order chi connectivity index (χ0) is 28.1. The highest BCUT2D eigenvalue weighted by atomic mass is 35.5. The molecule has 0 saturated heterocycles. The molecule has 1 aliphatic carbocycles. The molecule has 1 nitrogen and oxygen atoms in total. The summed E-state index contributed by atoms with van der Waals surface area (Å²) in [7, 11) is 0. The minimum atomic E-state index is 0.555. The third-order valence-electron chi connectivity index (χ3n) is 7.71. The second-order valence-electron chi connectivity index (χ2n) is 10.1. The van der Waals surface area contributed by atoms with E-state index in [0.717, 1.165) is 57.7 Å². The van der Waals surface area contributed by atoms with Gasteiger partial charge in [0.1, 0.15) is 0 Å². The molecule has 0 unspecified atom stereocenters. The molecule has 1 aliphatic rings. The van der Waals surface area contributed by atoms with Crippen molar-refractivity contribution in [3.8, 4) is 22.3 Å². The normalized spacial score (nSPS) is 15.2. The van der Waals surface area contributed by atoms with Crippen molar-refractivity contribution in [1.82, 2.24) is 0 Å². The topological polar surface area (TPSA) is 23.9 Å². The fourth-order valence-corrected chi connectivity index (χ4v) is 5.69. The molecule has 0 fully saturated rings. The van der Waals surface area contributed by atoms with Crippen molar-refractivity contribution >= 4 is 22.9 Å². The molecule has 4 aromatic rings. The molecule has 5 rings (SSSR count). The van der Waals surface area contributed by atoms with Crippen molar-refractivity contribution in [3.63, 3.8) is 0 Å². The molecule has 0 heterocycles. The summed E-state index contributed by atoms with van der Waals surface area (Å²) in [6.45, 7) is 8.20. The quantitative estimate of drug-likeness (QED) is 0.226. The summed E-state index contributed by atoms with van der Waals surface area (Å²) in [4.78, 5) is 0. The van der Waals surface area contributed by atoms with Crippen LogP contribution in [0.25, 0.3) is 27.8 Å². The Balaban J connectivity index is 1.37. The van der Waals surface area contributed by atoms with Crippen molar-refractivity contribution in [2.45, 2.75) is 33.1 Å². The highest BCUT2D eigenvalue weighted by Gasteiger charge is 2.13. The van der Waals surface area contributed by atoms with E-state index in [1.807, 2.05) is 42.5 Å². The van der Waals surface area contributed by atoms with Crippen LogP contribution in [0.15, 0.2) is 133 Å². The maximum atomic E-state index is 8.74. The van der Waals surface area contributed by atoms with Gasteiger partial charge in [-0.2, -0.15) is 0 Å². The number of allylic oxidation sites excluding steroid dienone is 7. The molecule has 0 bridgehead atoms. The maximum absolute atomic E-state index is 8.74. The third kappa shape index (κ3) is 5.71. The third-order valence-corrected chi connectivity index (χ3v) is 8.02. The number of hydrogen-bond donors (Lipinski definition) is 1. The summed E-state index contributed by atoms with van der Waals surface area (Å²) in [6.07, 6.45) is 11.5. The summed E-state index contributed by atoms with van der Waals surface area (Å²) >= 11 is 6.82. The van der Waals surface area contributed by atoms with Crippen molar-refractivity contribution < 1.29 is 0 Å². The van der Waals surface area contributed by atoms with Crippen LogP contribution >= 0.6 is 11.6 Å². The Kier molecular flexibility index (Phi) is 8.43. The van der Waals surface area contributed by atoms with Crippen molar-refractivity contribution in [2.24, 2.45) is 0 Å². The molecule has 1 N–H and O–H groups in total. The summed E-state index contributed by atoms with van der Waals surface area (Å²) in [5, 5.41) is 9.46. The van der Waals surface area contributed by atoms with Gasteiger partial charge in [-0.1, -0.05) is 134 Å². The Morgan fingerprint density at radius 3 is 2.25 bits per heavy atom. The number of nitrogens with one attached hydrogen (secondary N) is 1. The second kappa shape index (κ2) is 12.3. The Labute approximate surface area is 243 Å². The van der Waals surface area contributed by atoms with Gasteiger partial charge in [0.05, 0.1) is 5.71 Å². The lowest BCUT2D eigenvalue weighted by Crippen LogP contribution is -2.04. The van der Waals surface area contributed by atoms with Crippen LogP contribution in [-0.4, -0.2) is 5.71 Å². The van der Waals surface area contributed by atoms with Crippen molar-refractivity contribution in [1.29, 1.82) is 5.41 Å². The zero-order valence-corrected chi connectivity index (χ0v) is 23.9. The Morgan fingerprint density at radius 1 is 0.875 bits per heavy atom. The van der Waals surface area contributed by atoms with E-state index in [2.05, 4.69) is 93.3 Å². The van der Waals surface area contributed by atoms with E-state index >= 15 is 0 Å². The summed E-state index contributed by atoms with van der Waals surface area (Å²) in [5.41, 5.74) is 13.0. The van der Waals surface area contributed by atoms with Crippen LogP contribution in [0.5, 0.6) is 0 Å². The SMILES string of the molecule is C=C/C=C1/CCC=C/C1=C(/C)c1ccc(-c2ccc(-c3ccc(C(=N)c4ccccc4CC)cc3)cc2Cl)cc1. The predicted octanol–water partition coefficient (Wildman–Crippen LogP) is 10.9. The van der Waals surface area contributed by atoms with Gasteiger partial charge >= 0.3 is 0 Å². The average molecular weight is 540 g/mol. The molecule has 4 aromatic carbocycles. The van der Waals surface area contributed by atoms with Gasteiger partial charge in [-0.25, -0.2) is 0 Å². The number of rotatable bonds is 7. The largest absolute Gasteiger partial charge is 0.300 e. The van der Waals surface area contributed by atoms with Crippen LogP contribution in [0.1, 0.15) is 48.9 Å².